The van der Waals surface area contributed by atoms with E-state index in [4.69, 9.17) is 0 Å². The lowest BCUT2D eigenvalue weighted by Gasteiger charge is -2.31. The van der Waals surface area contributed by atoms with Gasteiger partial charge in [0.2, 0.25) is 0 Å². The highest BCUT2D eigenvalue weighted by molar-refractivity contribution is 5.41. The number of benzene rings is 1. The molecular weight excluding hydrogens is 268 g/mol. The summed E-state index contributed by atoms with van der Waals surface area (Å²) in [6.07, 6.45) is 15.1. The van der Waals surface area contributed by atoms with Crippen molar-refractivity contribution in [2.75, 3.05) is 0 Å². The van der Waals surface area contributed by atoms with Crippen molar-refractivity contribution in [3.8, 4) is 5.75 Å². The topological polar surface area (TPSA) is 20.2 Å². The maximum absolute atomic E-state index is 10.1. The molecule has 0 amide bonds. The number of aromatic hydroxyl groups is 1. The zero-order valence-corrected chi connectivity index (χ0v) is 14.2. The molecule has 1 saturated carbocycles. The molecule has 3 unspecified atom stereocenters. The molecular formula is C21H32O. The van der Waals surface area contributed by atoms with Gasteiger partial charge >= 0.3 is 0 Å². The zero-order chi connectivity index (χ0) is 15.4. The average Bonchev–Trinajstić information content (AvgIpc) is 2.92. The molecule has 1 nitrogen and oxygen atoms in total. The van der Waals surface area contributed by atoms with E-state index in [9.17, 15) is 5.11 Å². The van der Waals surface area contributed by atoms with Gasteiger partial charge in [0, 0.05) is 0 Å². The molecule has 0 aliphatic heterocycles. The zero-order valence-electron chi connectivity index (χ0n) is 14.2. The summed E-state index contributed by atoms with van der Waals surface area (Å²) in [5.41, 5.74) is 2.68. The number of unbranched alkanes of at least 4 members (excludes halogenated alkanes) is 5. The first-order chi connectivity index (χ1) is 10.8. The van der Waals surface area contributed by atoms with Gasteiger partial charge in [-0.15, -0.1) is 0 Å². The summed E-state index contributed by atoms with van der Waals surface area (Å²) in [4.78, 5) is 0. The summed E-state index contributed by atoms with van der Waals surface area (Å²) in [5, 5.41) is 10.1. The minimum atomic E-state index is 0.537. The van der Waals surface area contributed by atoms with E-state index in [1.54, 1.807) is 0 Å². The van der Waals surface area contributed by atoms with Crippen LogP contribution in [0, 0.1) is 17.8 Å². The Morgan fingerprint density at radius 2 is 1.82 bits per heavy atom. The molecule has 1 heteroatoms. The Bertz CT molecular complexity index is 479. The van der Waals surface area contributed by atoms with Gasteiger partial charge in [0.1, 0.15) is 5.75 Å². The second-order valence-corrected chi connectivity index (χ2v) is 7.64. The van der Waals surface area contributed by atoms with Gasteiger partial charge in [-0.2, -0.15) is 0 Å². The summed E-state index contributed by atoms with van der Waals surface area (Å²) < 4.78 is 0. The van der Waals surface area contributed by atoms with Crippen molar-refractivity contribution in [2.45, 2.75) is 77.6 Å². The molecule has 0 radical (unpaired) electrons. The number of phenolic OH excluding ortho intramolecular Hbond substituents is 1. The molecule has 2 aliphatic carbocycles. The largest absolute Gasteiger partial charge is 0.508 e. The standard InChI is InChI=1S/C21H32O/c1-2-3-4-5-6-7-9-16-12-13-18-15-20-17(14-19(16)18)10-8-11-21(20)22/h8,10-11,16,18-19,22H,2-7,9,12-15H2,1H3. The summed E-state index contributed by atoms with van der Waals surface area (Å²) >= 11 is 0. The highest BCUT2D eigenvalue weighted by Crippen LogP contribution is 2.48. The maximum Gasteiger partial charge on any atom is 0.119 e. The van der Waals surface area contributed by atoms with Gasteiger partial charge in [-0.3, -0.25) is 0 Å². The molecule has 122 valence electrons. The van der Waals surface area contributed by atoms with Crippen molar-refractivity contribution >= 4 is 0 Å². The van der Waals surface area contributed by atoms with Crippen molar-refractivity contribution in [3.63, 3.8) is 0 Å². The van der Waals surface area contributed by atoms with Crippen LogP contribution in [0.4, 0.5) is 0 Å². The lowest BCUT2D eigenvalue weighted by Crippen LogP contribution is -2.25. The van der Waals surface area contributed by atoms with Gasteiger partial charge < -0.3 is 5.11 Å². The van der Waals surface area contributed by atoms with Gasteiger partial charge in [0.25, 0.3) is 0 Å². The molecule has 0 aromatic heterocycles. The highest BCUT2D eigenvalue weighted by atomic mass is 16.3. The average molecular weight is 300 g/mol. The van der Waals surface area contributed by atoms with Crippen LogP contribution in [0.1, 0.15) is 75.8 Å². The van der Waals surface area contributed by atoms with E-state index < -0.39 is 0 Å². The van der Waals surface area contributed by atoms with Gasteiger partial charge in [-0.05, 0) is 60.6 Å². The predicted molar refractivity (Wildman–Crippen MR) is 93.2 cm³/mol. The van der Waals surface area contributed by atoms with Crippen LogP contribution < -0.4 is 0 Å². The Morgan fingerprint density at radius 1 is 1.00 bits per heavy atom. The molecule has 1 aromatic rings. The van der Waals surface area contributed by atoms with E-state index in [1.807, 2.05) is 12.1 Å². The van der Waals surface area contributed by atoms with E-state index in [-0.39, 0.29) is 0 Å². The van der Waals surface area contributed by atoms with Crippen molar-refractivity contribution in [3.05, 3.63) is 29.3 Å². The summed E-state index contributed by atoms with van der Waals surface area (Å²) in [6, 6.07) is 6.12. The third-order valence-corrected chi connectivity index (χ3v) is 6.22. The van der Waals surface area contributed by atoms with E-state index >= 15 is 0 Å². The molecule has 3 atom stereocenters. The number of hydrogen-bond donors (Lipinski definition) is 1. The first-order valence-electron chi connectivity index (χ1n) is 9.59. The van der Waals surface area contributed by atoms with E-state index in [0.717, 1.165) is 24.2 Å². The number of hydrogen-bond acceptors (Lipinski definition) is 1. The second kappa shape index (κ2) is 7.53. The fourth-order valence-electron chi connectivity index (χ4n) is 4.94. The Morgan fingerprint density at radius 3 is 2.68 bits per heavy atom. The Balaban J connectivity index is 1.51. The number of phenols is 1. The van der Waals surface area contributed by atoms with Crippen molar-refractivity contribution in [2.24, 2.45) is 17.8 Å². The lowest BCUT2D eigenvalue weighted by molar-refractivity contribution is 0.270. The number of rotatable bonds is 7. The van der Waals surface area contributed by atoms with Gasteiger partial charge in [-0.25, -0.2) is 0 Å². The van der Waals surface area contributed by atoms with Crippen molar-refractivity contribution < 1.29 is 5.11 Å². The Hall–Kier alpha value is -0.980. The normalized spacial score (nSPS) is 26.7. The molecule has 0 spiro atoms. The van der Waals surface area contributed by atoms with Gasteiger partial charge in [0.15, 0.2) is 0 Å². The van der Waals surface area contributed by atoms with Crippen LogP contribution in [0.5, 0.6) is 5.75 Å². The third-order valence-electron chi connectivity index (χ3n) is 6.22. The SMILES string of the molecule is CCCCCCCCC1CCC2Cc3c(O)cccc3CC12. The van der Waals surface area contributed by atoms with Crippen LogP contribution in [-0.2, 0) is 12.8 Å². The molecule has 0 heterocycles. The summed E-state index contributed by atoms with van der Waals surface area (Å²) in [5.74, 6) is 3.22. The Kier molecular flexibility index (Phi) is 5.44. The summed E-state index contributed by atoms with van der Waals surface area (Å²) in [6.45, 7) is 2.29. The molecule has 1 aromatic carbocycles. The fourth-order valence-corrected chi connectivity index (χ4v) is 4.94. The third kappa shape index (κ3) is 3.50. The molecule has 1 fully saturated rings. The van der Waals surface area contributed by atoms with Crippen LogP contribution in [0.25, 0.3) is 0 Å². The van der Waals surface area contributed by atoms with E-state index in [0.29, 0.717) is 5.75 Å². The second-order valence-electron chi connectivity index (χ2n) is 7.64. The number of fused-ring (bicyclic) bond motifs is 2. The smallest absolute Gasteiger partial charge is 0.119 e. The van der Waals surface area contributed by atoms with Crippen molar-refractivity contribution in [1.29, 1.82) is 0 Å². The van der Waals surface area contributed by atoms with Gasteiger partial charge in [-0.1, -0.05) is 64.0 Å². The van der Waals surface area contributed by atoms with Crippen molar-refractivity contribution in [1.82, 2.24) is 0 Å². The van der Waals surface area contributed by atoms with Crippen LogP contribution >= 0.6 is 0 Å². The summed E-state index contributed by atoms with van der Waals surface area (Å²) in [7, 11) is 0. The molecule has 22 heavy (non-hydrogen) atoms. The lowest BCUT2D eigenvalue weighted by atomic mass is 9.73. The molecule has 2 aliphatic rings. The molecule has 3 rings (SSSR count). The first kappa shape index (κ1) is 15.9. The molecule has 0 saturated heterocycles. The maximum atomic E-state index is 10.1. The van der Waals surface area contributed by atoms with E-state index in [1.165, 1.54) is 75.3 Å². The predicted octanol–water partition coefficient (Wildman–Crippen LogP) is 5.88. The minimum Gasteiger partial charge on any atom is -0.508 e. The van der Waals surface area contributed by atoms with Crippen LogP contribution in [0.3, 0.4) is 0 Å². The van der Waals surface area contributed by atoms with E-state index in [2.05, 4.69) is 13.0 Å². The van der Waals surface area contributed by atoms with Crippen LogP contribution in [0.15, 0.2) is 18.2 Å². The molecule has 0 bridgehead atoms. The van der Waals surface area contributed by atoms with Gasteiger partial charge in [0.05, 0.1) is 0 Å². The monoisotopic (exact) mass is 300 g/mol. The fraction of sp³-hybridized carbons (Fsp3) is 0.714. The Labute approximate surface area is 136 Å². The molecule has 1 N–H and O–H groups in total. The first-order valence-corrected chi connectivity index (χ1v) is 9.59. The minimum absolute atomic E-state index is 0.537. The van der Waals surface area contributed by atoms with Crippen LogP contribution in [0.2, 0.25) is 0 Å². The van der Waals surface area contributed by atoms with Crippen LogP contribution in [-0.4, -0.2) is 5.11 Å². The quantitative estimate of drug-likeness (QED) is 0.623. The highest BCUT2D eigenvalue weighted by Gasteiger charge is 2.39.